The predicted octanol–water partition coefficient (Wildman–Crippen LogP) is 0.827. The molecule has 2 atom stereocenters. The number of amides is 1. The minimum absolute atomic E-state index is 0.0219. The second-order valence-corrected chi connectivity index (χ2v) is 4.79. The molecular weight excluding hydrogens is 220 g/mol. The van der Waals surface area contributed by atoms with Gasteiger partial charge in [-0.05, 0) is 18.8 Å². The molecule has 17 heavy (non-hydrogen) atoms. The molecule has 3 N–H and O–H groups in total. The van der Waals surface area contributed by atoms with Crippen molar-refractivity contribution in [1.82, 2.24) is 4.90 Å². The first-order chi connectivity index (χ1) is 8.04. The number of hydrogen-bond donors (Lipinski definition) is 2. The van der Waals surface area contributed by atoms with Gasteiger partial charge in [-0.15, -0.1) is 0 Å². The average Bonchev–Trinajstić information content (AvgIpc) is 2.72. The highest BCUT2D eigenvalue weighted by atomic mass is 16.4. The average molecular weight is 242 g/mol. The molecule has 0 radical (unpaired) electrons. The van der Waals surface area contributed by atoms with Crippen LogP contribution in [0.1, 0.15) is 39.0 Å². The summed E-state index contributed by atoms with van der Waals surface area (Å²) in [4.78, 5) is 24.2. The van der Waals surface area contributed by atoms with Crippen molar-refractivity contribution >= 4 is 11.9 Å². The summed E-state index contributed by atoms with van der Waals surface area (Å²) in [6, 6.07) is -0.418. The molecule has 0 spiro atoms. The van der Waals surface area contributed by atoms with Gasteiger partial charge in [0.1, 0.15) is 0 Å². The summed E-state index contributed by atoms with van der Waals surface area (Å²) < 4.78 is 0. The van der Waals surface area contributed by atoms with E-state index < -0.39 is 12.0 Å². The fourth-order valence-electron chi connectivity index (χ4n) is 2.23. The molecule has 1 amide bonds. The number of hydrogen-bond acceptors (Lipinski definition) is 3. The highest BCUT2D eigenvalue weighted by molar-refractivity contribution is 5.82. The number of likely N-dealkylation sites (tertiary alicyclic amines) is 1. The molecule has 1 aliphatic heterocycles. The first-order valence-corrected chi connectivity index (χ1v) is 6.30. The lowest BCUT2D eigenvalue weighted by molar-refractivity contribution is -0.138. The van der Waals surface area contributed by atoms with E-state index in [1.54, 1.807) is 4.90 Å². The van der Waals surface area contributed by atoms with E-state index in [1.807, 2.05) is 0 Å². The van der Waals surface area contributed by atoms with Crippen LogP contribution in [0.5, 0.6) is 0 Å². The van der Waals surface area contributed by atoms with Gasteiger partial charge in [-0.1, -0.05) is 19.8 Å². The molecule has 1 saturated heterocycles. The van der Waals surface area contributed by atoms with Crippen molar-refractivity contribution < 1.29 is 14.7 Å². The number of unbranched alkanes of at least 4 members (excludes halogenated alkanes) is 1. The number of carboxylic acids is 1. The largest absolute Gasteiger partial charge is 0.481 e. The smallest absolute Gasteiger partial charge is 0.303 e. The molecule has 5 heteroatoms. The molecule has 5 nitrogen and oxygen atoms in total. The quantitative estimate of drug-likeness (QED) is 0.722. The monoisotopic (exact) mass is 242 g/mol. The summed E-state index contributed by atoms with van der Waals surface area (Å²) in [5.74, 6) is -0.722. The van der Waals surface area contributed by atoms with E-state index in [4.69, 9.17) is 10.8 Å². The van der Waals surface area contributed by atoms with E-state index in [0.717, 1.165) is 25.7 Å². The fourth-order valence-corrected chi connectivity index (χ4v) is 2.23. The van der Waals surface area contributed by atoms with Crippen LogP contribution < -0.4 is 5.73 Å². The van der Waals surface area contributed by atoms with E-state index in [1.165, 1.54) is 0 Å². The molecule has 0 aromatic rings. The molecule has 2 unspecified atom stereocenters. The van der Waals surface area contributed by atoms with Gasteiger partial charge in [-0.3, -0.25) is 9.59 Å². The Bertz CT molecular complexity index is 281. The van der Waals surface area contributed by atoms with E-state index in [0.29, 0.717) is 13.1 Å². The topological polar surface area (TPSA) is 83.6 Å². The van der Waals surface area contributed by atoms with Crippen LogP contribution in [0.15, 0.2) is 0 Å². The Hall–Kier alpha value is -1.10. The number of aliphatic carboxylic acids is 1. The van der Waals surface area contributed by atoms with Gasteiger partial charge in [0.15, 0.2) is 0 Å². The summed E-state index contributed by atoms with van der Waals surface area (Å²) in [6.45, 7) is 3.26. The molecule has 98 valence electrons. The lowest BCUT2D eigenvalue weighted by Gasteiger charge is -2.20. The van der Waals surface area contributed by atoms with Crippen LogP contribution in [0.3, 0.4) is 0 Å². The standard InChI is InChI=1S/C12H22N2O3/c1-2-3-4-10(13)12(17)14-6-5-9(8-14)7-11(15)16/h9-10H,2-8,13H2,1H3,(H,15,16). The van der Waals surface area contributed by atoms with Gasteiger partial charge in [0.2, 0.25) is 5.91 Å². The highest BCUT2D eigenvalue weighted by Gasteiger charge is 2.29. The number of carbonyl (C=O) groups excluding carboxylic acids is 1. The Morgan fingerprint density at radius 3 is 2.82 bits per heavy atom. The third kappa shape index (κ3) is 4.34. The van der Waals surface area contributed by atoms with Crippen molar-refractivity contribution in [2.24, 2.45) is 11.7 Å². The number of nitrogens with zero attached hydrogens (tertiary/aromatic N) is 1. The first-order valence-electron chi connectivity index (χ1n) is 6.30. The summed E-state index contributed by atoms with van der Waals surface area (Å²) >= 11 is 0. The van der Waals surface area contributed by atoms with E-state index in [2.05, 4.69) is 6.92 Å². The third-order valence-electron chi connectivity index (χ3n) is 3.25. The molecule has 0 aromatic carbocycles. The maximum Gasteiger partial charge on any atom is 0.303 e. The summed E-state index contributed by atoms with van der Waals surface area (Å²) in [5, 5.41) is 8.70. The van der Waals surface area contributed by atoms with Gasteiger partial charge in [0.05, 0.1) is 6.04 Å². The Labute approximate surface area is 102 Å². The molecule has 0 aliphatic carbocycles. The minimum atomic E-state index is -0.792. The number of nitrogens with two attached hydrogens (primary N) is 1. The zero-order valence-corrected chi connectivity index (χ0v) is 10.4. The second kappa shape index (κ2) is 6.59. The molecule has 1 aliphatic rings. The summed E-state index contributed by atoms with van der Waals surface area (Å²) in [7, 11) is 0. The van der Waals surface area contributed by atoms with Gasteiger partial charge < -0.3 is 15.7 Å². The third-order valence-corrected chi connectivity index (χ3v) is 3.25. The van der Waals surface area contributed by atoms with Crippen molar-refractivity contribution in [3.8, 4) is 0 Å². The maximum absolute atomic E-state index is 11.9. The summed E-state index contributed by atoms with van der Waals surface area (Å²) in [5.41, 5.74) is 5.82. The van der Waals surface area contributed by atoms with E-state index in [9.17, 15) is 9.59 Å². The molecule has 0 aromatic heterocycles. The van der Waals surface area contributed by atoms with Crippen LogP contribution in [0.2, 0.25) is 0 Å². The zero-order valence-electron chi connectivity index (χ0n) is 10.4. The van der Waals surface area contributed by atoms with Crippen LogP contribution in [0.4, 0.5) is 0 Å². The predicted molar refractivity (Wildman–Crippen MR) is 64.4 cm³/mol. The van der Waals surface area contributed by atoms with Crippen LogP contribution in [-0.2, 0) is 9.59 Å². The van der Waals surface area contributed by atoms with Gasteiger partial charge in [-0.25, -0.2) is 0 Å². The second-order valence-electron chi connectivity index (χ2n) is 4.79. The molecule has 0 saturated carbocycles. The lowest BCUT2D eigenvalue weighted by Crippen LogP contribution is -2.42. The number of carboxylic acid groups (broad SMARTS) is 1. The Morgan fingerprint density at radius 1 is 1.53 bits per heavy atom. The summed E-state index contributed by atoms with van der Waals surface area (Å²) in [6.07, 6.45) is 3.63. The van der Waals surface area contributed by atoms with Crippen LogP contribution in [-0.4, -0.2) is 41.0 Å². The first kappa shape index (κ1) is 14.0. The lowest BCUT2D eigenvalue weighted by atomic mass is 10.1. The minimum Gasteiger partial charge on any atom is -0.481 e. The molecule has 1 rings (SSSR count). The van der Waals surface area contributed by atoms with Crippen molar-refractivity contribution in [2.75, 3.05) is 13.1 Å². The van der Waals surface area contributed by atoms with Gasteiger partial charge >= 0.3 is 5.97 Å². The van der Waals surface area contributed by atoms with E-state index >= 15 is 0 Å². The Balaban J connectivity index is 2.36. The Kier molecular flexibility index (Phi) is 5.41. The molecule has 1 heterocycles. The Morgan fingerprint density at radius 2 is 2.24 bits per heavy atom. The van der Waals surface area contributed by atoms with Crippen molar-refractivity contribution in [3.63, 3.8) is 0 Å². The fraction of sp³-hybridized carbons (Fsp3) is 0.833. The molecule has 1 fully saturated rings. The number of rotatable bonds is 6. The van der Waals surface area contributed by atoms with Crippen molar-refractivity contribution in [2.45, 2.75) is 45.1 Å². The van der Waals surface area contributed by atoms with Gasteiger partial charge in [0, 0.05) is 19.5 Å². The van der Waals surface area contributed by atoms with E-state index in [-0.39, 0.29) is 18.2 Å². The van der Waals surface area contributed by atoms with Gasteiger partial charge in [-0.2, -0.15) is 0 Å². The molecular formula is C12H22N2O3. The number of carbonyl (C=O) groups is 2. The zero-order chi connectivity index (χ0) is 12.8. The van der Waals surface area contributed by atoms with Gasteiger partial charge in [0.25, 0.3) is 0 Å². The highest BCUT2D eigenvalue weighted by Crippen LogP contribution is 2.20. The van der Waals surface area contributed by atoms with Crippen molar-refractivity contribution in [3.05, 3.63) is 0 Å². The van der Waals surface area contributed by atoms with Crippen LogP contribution >= 0.6 is 0 Å². The van der Waals surface area contributed by atoms with Crippen LogP contribution in [0, 0.1) is 5.92 Å². The SMILES string of the molecule is CCCCC(N)C(=O)N1CCC(CC(=O)O)C1. The molecule has 0 bridgehead atoms. The normalized spacial score (nSPS) is 21.5. The van der Waals surface area contributed by atoms with Crippen LogP contribution in [0.25, 0.3) is 0 Å². The maximum atomic E-state index is 11.9. The van der Waals surface area contributed by atoms with Crippen molar-refractivity contribution in [1.29, 1.82) is 0 Å².